The molecule has 0 atom stereocenters. The maximum atomic E-state index is 8.94. The highest BCUT2D eigenvalue weighted by Crippen LogP contribution is 2.32. The minimum absolute atomic E-state index is 0.0577. The fourth-order valence-corrected chi connectivity index (χ4v) is 3.20. The van der Waals surface area contributed by atoms with Gasteiger partial charge in [-0.2, -0.15) is 0 Å². The third kappa shape index (κ3) is 2.75. The quantitative estimate of drug-likeness (QED) is 0.859. The van der Waals surface area contributed by atoms with Crippen LogP contribution in [0, 0.1) is 0 Å². The Labute approximate surface area is 100 Å². The Balaban J connectivity index is 1.99. The van der Waals surface area contributed by atoms with E-state index in [0.717, 1.165) is 15.9 Å². The molecule has 0 aliphatic carbocycles. The van der Waals surface area contributed by atoms with Crippen molar-refractivity contribution >= 4 is 34.7 Å². The van der Waals surface area contributed by atoms with Gasteiger partial charge in [0, 0.05) is 0 Å². The largest absolute Gasteiger partial charge is 0.468 e. The standard InChI is InChI=1S/C9H8ClNO2S2/c10-8-7(4-12)15-9(11-8)14-5-6-2-1-3-13-6/h1-3,12H,4-5H2. The predicted molar refractivity (Wildman–Crippen MR) is 61.3 cm³/mol. The lowest BCUT2D eigenvalue weighted by Crippen LogP contribution is -1.75. The highest BCUT2D eigenvalue weighted by Gasteiger charge is 2.09. The molecule has 2 aromatic rings. The Hall–Kier alpha value is -0.490. The average Bonchev–Trinajstić information content (AvgIpc) is 2.83. The molecular weight excluding hydrogens is 254 g/mol. The van der Waals surface area contributed by atoms with Crippen LogP contribution in [0.3, 0.4) is 0 Å². The second kappa shape index (κ2) is 5.03. The van der Waals surface area contributed by atoms with Crippen molar-refractivity contribution in [1.29, 1.82) is 0 Å². The van der Waals surface area contributed by atoms with Gasteiger partial charge in [-0.05, 0) is 12.1 Å². The van der Waals surface area contributed by atoms with Crippen molar-refractivity contribution in [1.82, 2.24) is 4.98 Å². The van der Waals surface area contributed by atoms with Gasteiger partial charge in [-0.1, -0.05) is 23.4 Å². The Bertz CT molecular complexity index is 427. The topological polar surface area (TPSA) is 46.3 Å². The molecule has 6 heteroatoms. The van der Waals surface area contributed by atoms with Crippen molar-refractivity contribution in [2.75, 3.05) is 0 Å². The van der Waals surface area contributed by atoms with Gasteiger partial charge < -0.3 is 9.52 Å². The number of furan rings is 1. The van der Waals surface area contributed by atoms with Crippen molar-refractivity contribution in [3.63, 3.8) is 0 Å². The Morgan fingerprint density at radius 1 is 1.60 bits per heavy atom. The van der Waals surface area contributed by atoms with Crippen molar-refractivity contribution in [2.24, 2.45) is 0 Å². The summed E-state index contributed by atoms with van der Waals surface area (Å²) in [5.74, 6) is 1.62. The third-order valence-electron chi connectivity index (χ3n) is 1.69. The van der Waals surface area contributed by atoms with E-state index < -0.39 is 0 Å². The SMILES string of the molecule is OCc1sc(SCc2ccco2)nc1Cl. The fraction of sp³-hybridized carbons (Fsp3) is 0.222. The van der Waals surface area contributed by atoms with Crippen LogP contribution in [0.15, 0.2) is 27.2 Å². The van der Waals surface area contributed by atoms with Gasteiger partial charge in [0.2, 0.25) is 0 Å². The molecule has 0 saturated heterocycles. The van der Waals surface area contributed by atoms with E-state index in [0.29, 0.717) is 10.0 Å². The van der Waals surface area contributed by atoms with E-state index in [-0.39, 0.29) is 6.61 Å². The normalized spacial score (nSPS) is 10.8. The zero-order valence-corrected chi connectivity index (χ0v) is 10.0. The van der Waals surface area contributed by atoms with Crippen LogP contribution in [-0.2, 0) is 12.4 Å². The molecule has 0 aliphatic heterocycles. The summed E-state index contributed by atoms with van der Waals surface area (Å²) in [6, 6.07) is 3.76. The molecule has 0 aromatic carbocycles. The van der Waals surface area contributed by atoms with Crippen molar-refractivity contribution < 1.29 is 9.52 Å². The molecule has 0 aliphatic rings. The smallest absolute Gasteiger partial charge is 0.152 e. The first-order valence-corrected chi connectivity index (χ1v) is 6.39. The maximum absolute atomic E-state index is 8.94. The summed E-state index contributed by atoms with van der Waals surface area (Å²) in [6.45, 7) is -0.0577. The number of thiazole rings is 1. The van der Waals surface area contributed by atoms with Crippen LogP contribution in [-0.4, -0.2) is 10.1 Å². The monoisotopic (exact) mass is 261 g/mol. The number of hydrogen-bond donors (Lipinski definition) is 1. The van der Waals surface area contributed by atoms with E-state index in [4.69, 9.17) is 21.1 Å². The Kier molecular flexibility index (Phi) is 3.69. The molecule has 0 saturated carbocycles. The van der Waals surface area contributed by atoms with Gasteiger partial charge in [0.15, 0.2) is 4.34 Å². The van der Waals surface area contributed by atoms with E-state index in [1.807, 2.05) is 12.1 Å². The molecule has 2 rings (SSSR count). The van der Waals surface area contributed by atoms with Crippen LogP contribution >= 0.6 is 34.7 Å². The molecule has 0 amide bonds. The molecule has 0 radical (unpaired) electrons. The van der Waals surface area contributed by atoms with Crippen molar-refractivity contribution in [2.45, 2.75) is 16.7 Å². The van der Waals surface area contributed by atoms with E-state index in [1.54, 1.807) is 18.0 Å². The molecule has 80 valence electrons. The van der Waals surface area contributed by atoms with Crippen LogP contribution in [0.25, 0.3) is 0 Å². The Morgan fingerprint density at radius 3 is 3.07 bits per heavy atom. The number of aliphatic hydroxyl groups is 1. The minimum Gasteiger partial charge on any atom is -0.468 e. The van der Waals surface area contributed by atoms with Crippen molar-refractivity contribution in [3.05, 3.63) is 34.2 Å². The second-order valence-electron chi connectivity index (χ2n) is 2.72. The van der Waals surface area contributed by atoms with Gasteiger partial charge >= 0.3 is 0 Å². The summed E-state index contributed by atoms with van der Waals surface area (Å²) in [4.78, 5) is 4.83. The zero-order valence-electron chi connectivity index (χ0n) is 7.64. The molecule has 1 N–H and O–H groups in total. The second-order valence-corrected chi connectivity index (χ2v) is 5.38. The number of nitrogens with zero attached hydrogens (tertiary/aromatic N) is 1. The minimum atomic E-state index is -0.0577. The van der Waals surface area contributed by atoms with Gasteiger partial charge in [-0.15, -0.1) is 11.3 Å². The highest BCUT2D eigenvalue weighted by molar-refractivity contribution is 8.00. The summed E-state index contributed by atoms with van der Waals surface area (Å²) < 4.78 is 6.04. The molecule has 2 aromatic heterocycles. The van der Waals surface area contributed by atoms with Gasteiger partial charge in [0.05, 0.1) is 23.5 Å². The first-order chi connectivity index (χ1) is 7.29. The average molecular weight is 262 g/mol. The molecular formula is C9H8ClNO2S2. The van der Waals surface area contributed by atoms with E-state index >= 15 is 0 Å². The number of aromatic nitrogens is 1. The van der Waals surface area contributed by atoms with Crippen LogP contribution in [0.5, 0.6) is 0 Å². The third-order valence-corrected chi connectivity index (χ3v) is 4.32. The lowest BCUT2D eigenvalue weighted by Gasteiger charge is -1.92. The van der Waals surface area contributed by atoms with Gasteiger partial charge in [-0.25, -0.2) is 4.98 Å². The fourth-order valence-electron chi connectivity index (χ4n) is 1.000. The van der Waals surface area contributed by atoms with E-state index in [2.05, 4.69) is 4.98 Å². The van der Waals surface area contributed by atoms with Gasteiger partial charge in [0.1, 0.15) is 10.9 Å². The number of halogens is 1. The van der Waals surface area contributed by atoms with Crippen LogP contribution < -0.4 is 0 Å². The zero-order chi connectivity index (χ0) is 10.7. The number of hydrogen-bond acceptors (Lipinski definition) is 5. The highest BCUT2D eigenvalue weighted by atomic mass is 35.5. The summed E-state index contributed by atoms with van der Waals surface area (Å²) in [5.41, 5.74) is 0. The first-order valence-electron chi connectivity index (χ1n) is 4.21. The molecule has 0 spiro atoms. The molecule has 0 unspecified atom stereocenters. The van der Waals surface area contributed by atoms with Crippen molar-refractivity contribution in [3.8, 4) is 0 Å². The van der Waals surface area contributed by atoms with Gasteiger partial charge in [0.25, 0.3) is 0 Å². The van der Waals surface area contributed by atoms with E-state index in [1.165, 1.54) is 11.3 Å². The Morgan fingerprint density at radius 2 is 2.47 bits per heavy atom. The summed E-state index contributed by atoms with van der Waals surface area (Å²) in [5, 5.41) is 9.34. The number of aliphatic hydroxyl groups excluding tert-OH is 1. The molecule has 0 bridgehead atoms. The van der Waals surface area contributed by atoms with Crippen LogP contribution in [0.1, 0.15) is 10.6 Å². The summed E-state index contributed by atoms with van der Waals surface area (Å²) >= 11 is 8.76. The van der Waals surface area contributed by atoms with Crippen LogP contribution in [0.2, 0.25) is 5.15 Å². The molecule has 15 heavy (non-hydrogen) atoms. The number of thioether (sulfide) groups is 1. The molecule has 2 heterocycles. The lowest BCUT2D eigenvalue weighted by molar-refractivity contribution is 0.285. The summed E-state index contributed by atoms with van der Waals surface area (Å²) in [7, 11) is 0. The lowest BCUT2D eigenvalue weighted by atomic mass is 10.5. The first kappa shape index (κ1) is 11.0. The predicted octanol–water partition coefficient (Wildman–Crippen LogP) is 3.17. The van der Waals surface area contributed by atoms with E-state index in [9.17, 15) is 0 Å². The van der Waals surface area contributed by atoms with Gasteiger partial charge in [-0.3, -0.25) is 0 Å². The number of rotatable bonds is 4. The summed E-state index contributed by atoms with van der Waals surface area (Å²) in [6.07, 6.45) is 1.64. The molecule has 0 fully saturated rings. The molecule has 3 nitrogen and oxygen atoms in total. The maximum Gasteiger partial charge on any atom is 0.152 e. The van der Waals surface area contributed by atoms with Crippen LogP contribution in [0.4, 0.5) is 0 Å².